The Morgan fingerprint density at radius 3 is 2.68 bits per heavy atom. The van der Waals surface area contributed by atoms with E-state index in [0.717, 1.165) is 11.5 Å². The molecular formula is C14H14F4N2O2. The number of nitrogens with zero attached hydrogens (tertiary/aromatic N) is 2. The van der Waals surface area contributed by atoms with Crippen molar-refractivity contribution < 1.29 is 27.1 Å². The summed E-state index contributed by atoms with van der Waals surface area (Å²) in [6.07, 6.45) is -5.12. The molecule has 0 radical (unpaired) electrons. The maximum atomic E-state index is 13.9. The van der Waals surface area contributed by atoms with Crippen LogP contribution in [0.25, 0.3) is 0 Å². The first-order valence-corrected chi connectivity index (χ1v) is 6.87. The molecule has 1 aromatic rings. The van der Waals surface area contributed by atoms with Gasteiger partial charge in [-0.25, -0.2) is 9.38 Å². The second-order valence-electron chi connectivity index (χ2n) is 5.25. The lowest BCUT2D eigenvalue weighted by atomic mass is 10.1. The lowest BCUT2D eigenvalue weighted by Crippen LogP contribution is -2.33. The molecule has 0 N–H and O–H groups in total. The van der Waals surface area contributed by atoms with E-state index in [0.29, 0.717) is 13.2 Å². The van der Waals surface area contributed by atoms with Crippen LogP contribution in [0.3, 0.4) is 0 Å². The molecule has 1 fully saturated rings. The minimum absolute atomic E-state index is 0.0389. The van der Waals surface area contributed by atoms with Gasteiger partial charge in [-0.05, 0) is 12.5 Å². The van der Waals surface area contributed by atoms with Gasteiger partial charge in [0.1, 0.15) is 5.82 Å². The molecular weight excluding hydrogens is 304 g/mol. The summed E-state index contributed by atoms with van der Waals surface area (Å²) in [5.74, 6) is -1.92. The topological polar surface area (TPSA) is 34.1 Å². The van der Waals surface area contributed by atoms with Gasteiger partial charge in [0.2, 0.25) is 0 Å². The molecule has 2 atom stereocenters. The van der Waals surface area contributed by atoms with Crippen molar-refractivity contribution >= 4 is 5.90 Å². The van der Waals surface area contributed by atoms with Crippen LogP contribution in [0.5, 0.6) is 0 Å². The highest BCUT2D eigenvalue weighted by Gasteiger charge is 2.47. The van der Waals surface area contributed by atoms with Gasteiger partial charge in [0.25, 0.3) is 0 Å². The van der Waals surface area contributed by atoms with Crippen LogP contribution in [-0.2, 0) is 9.57 Å². The summed E-state index contributed by atoms with van der Waals surface area (Å²) < 4.78 is 57.6. The third-order valence-corrected chi connectivity index (χ3v) is 3.60. The highest BCUT2D eigenvalue weighted by Crippen LogP contribution is 2.35. The Kier molecular flexibility index (Phi) is 4.05. The van der Waals surface area contributed by atoms with Gasteiger partial charge in [-0.3, -0.25) is 0 Å². The van der Waals surface area contributed by atoms with Crippen molar-refractivity contribution in [1.82, 2.24) is 5.06 Å². The fourth-order valence-electron chi connectivity index (χ4n) is 2.51. The molecule has 1 saturated heterocycles. The molecule has 0 aliphatic carbocycles. The monoisotopic (exact) mass is 318 g/mol. The Morgan fingerprint density at radius 2 is 2.05 bits per heavy atom. The van der Waals surface area contributed by atoms with E-state index >= 15 is 0 Å². The van der Waals surface area contributed by atoms with Gasteiger partial charge in [0.15, 0.2) is 6.17 Å². The third kappa shape index (κ3) is 3.07. The minimum Gasteiger partial charge on any atom is -0.381 e. The van der Waals surface area contributed by atoms with Crippen LogP contribution in [0, 0.1) is 11.7 Å². The number of ether oxygens (including phenoxy) is 1. The largest absolute Gasteiger partial charge is 0.470 e. The molecule has 1 aromatic carbocycles. The second kappa shape index (κ2) is 5.85. The predicted molar refractivity (Wildman–Crippen MR) is 69.3 cm³/mol. The summed E-state index contributed by atoms with van der Waals surface area (Å²) in [7, 11) is 0. The average Bonchev–Trinajstić information content (AvgIpc) is 3.09. The molecule has 0 spiro atoms. The average molecular weight is 318 g/mol. The lowest BCUT2D eigenvalue weighted by Gasteiger charge is -2.24. The van der Waals surface area contributed by atoms with Gasteiger partial charge < -0.3 is 9.57 Å². The van der Waals surface area contributed by atoms with E-state index in [9.17, 15) is 17.6 Å². The molecule has 3 rings (SSSR count). The van der Waals surface area contributed by atoms with Crippen LogP contribution >= 0.6 is 0 Å². The zero-order chi connectivity index (χ0) is 15.7. The summed E-state index contributed by atoms with van der Waals surface area (Å²) in [5.41, 5.74) is 0.0562. The number of hydroxylamine groups is 2. The van der Waals surface area contributed by atoms with E-state index in [1.807, 2.05) is 0 Å². The minimum atomic E-state index is -4.70. The van der Waals surface area contributed by atoms with Crippen LogP contribution in [0.15, 0.2) is 29.3 Å². The number of hydrogen-bond acceptors (Lipinski definition) is 4. The number of halogens is 4. The Hall–Kier alpha value is -1.67. The first-order valence-electron chi connectivity index (χ1n) is 6.87. The van der Waals surface area contributed by atoms with E-state index in [4.69, 9.17) is 9.57 Å². The number of benzene rings is 1. The van der Waals surface area contributed by atoms with E-state index in [1.165, 1.54) is 18.2 Å². The summed E-state index contributed by atoms with van der Waals surface area (Å²) in [5, 5.41) is 1.08. The zero-order valence-electron chi connectivity index (χ0n) is 11.5. The van der Waals surface area contributed by atoms with Gasteiger partial charge in [-0.15, -0.1) is 5.06 Å². The van der Waals surface area contributed by atoms with Crippen LogP contribution in [0.1, 0.15) is 18.2 Å². The number of aliphatic imine (C=N–C) groups is 1. The fraction of sp³-hybridized carbons (Fsp3) is 0.500. The second-order valence-corrected chi connectivity index (χ2v) is 5.25. The number of hydrogen-bond donors (Lipinski definition) is 0. The molecule has 22 heavy (non-hydrogen) atoms. The Balaban J connectivity index is 1.86. The van der Waals surface area contributed by atoms with Crippen LogP contribution in [0.2, 0.25) is 0 Å². The highest BCUT2D eigenvalue weighted by atomic mass is 19.4. The van der Waals surface area contributed by atoms with Crippen molar-refractivity contribution in [1.29, 1.82) is 0 Å². The molecule has 120 valence electrons. The Bertz CT molecular complexity index is 570. The van der Waals surface area contributed by atoms with Crippen LogP contribution in [0.4, 0.5) is 17.6 Å². The first-order chi connectivity index (χ1) is 10.4. The zero-order valence-corrected chi connectivity index (χ0v) is 11.5. The Morgan fingerprint density at radius 1 is 1.27 bits per heavy atom. The van der Waals surface area contributed by atoms with Crippen molar-refractivity contribution in [3.8, 4) is 0 Å². The van der Waals surface area contributed by atoms with Gasteiger partial charge >= 0.3 is 12.1 Å². The number of alkyl halides is 3. The fourth-order valence-corrected chi connectivity index (χ4v) is 2.51. The Labute approximate surface area is 124 Å². The van der Waals surface area contributed by atoms with Gasteiger partial charge in [-0.2, -0.15) is 13.2 Å². The van der Waals surface area contributed by atoms with E-state index in [1.54, 1.807) is 6.07 Å². The summed E-state index contributed by atoms with van der Waals surface area (Å²) in [6.45, 7) is 1.21. The van der Waals surface area contributed by atoms with Crippen LogP contribution < -0.4 is 0 Å². The van der Waals surface area contributed by atoms with Crippen molar-refractivity contribution in [3.63, 3.8) is 0 Å². The molecule has 2 unspecified atom stereocenters. The van der Waals surface area contributed by atoms with E-state index in [-0.39, 0.29) is 18.0 Å². The molecule has 8 heteroatoms. The van der Waals surface area contributed by atoms with Gasteiger partial charge in [0, 0.05) is 24.6 Å². The third-order valence-electron chi connectivity index (χ3n) is 3.60. The predicted octanol–water partition coefficient (Wildman–Crippen LogP) is 3.07. The molecule has 4 nitrogen and oxygen atoms in total. The summed E-state index contributed by atoms with van der Waals surface area (Å²) in [4.78, 5) is 8.37. The quantitative estimate of drug-likeness (QED) is 0.803. The summed E-state index contributed by atoms with van der Waals surface area (Å²) >= 11 is 0. The normalized spacial score (nSPS) is 26.1. The maximum Gasteiger partial charge on any atom is 0.470 e. The molecule has 2 aliphatic heterocycles. The maximum absolute atomic E-state index is 13.9. The molecule has 0 bridgehead atoms. The van der Waals surface area contributed by atoms with E-state index in [2.05, 4.69) is 4.99 Å². The SMILES string of the molecule is Fc1ccccc1C1N=C(C(F)(F)F)ON1CC1CCOC1. The molecule has 2 aliphatic rings. The molecule has 2 heterocycles. The summed E-state index contributed by atoms with van der Waals surface area (Å²) in [6, 6.07) is 5.62. The first kappa shape index (κ1) is 15.2. The lowest BCUT2D eigenvalue weighted by molar-refractivity contribution is -0.140. The smallest absolute Gasteiger partial charge is 0.381 e. The van der Waals surface area contributed by atoms with Gasteiger partial charge in [0.05, 0.1) is 6.61 Å². The molecule has 0 aromatic heterocycles. The van der Waals surface area contributed by atoms with Crippen molar-refractivity contribution in [2.45, 2.75) is 18.8 Å². The van der Waals surface area contributed by atoms with Gasteiger partial charge in [-0.1, -0.05) is 18.2 Å². The molecule has 0 amide bonds. The highest BCUT2D eigenvalue weighted by molar-refractivity contribution is 5.82. The van der Waals surface area contributed by atoms with Crippen molar-refractivity contribution in [3.05, 3.63) is 35.6 Å². The van der Waals surface area contributed by atoms with E-state index < -0.39 is 24.1 Å². The number of rotatable bonds is 3. The van der Waals surface area contributed by atoms with Crippen LogP contribution in [-0.4, -0.2) is 36.9 Å². The molecule has 0 saturated carbocycles. The van der Waals surface area contributed by atoms with Crippen molar-refractivity contribution in [2.75, 3.05) is 19.8 Å². The standard InChI is InChI=1S/C14H14F4N2O2/c15-11-4-2-1-3-10(11)12-19-13(14(16,17)18)22-20(12)7-9-5-6-21-8-9/h1-4,9,12H,5-8H2. The van der Waals surface area contributed by atoms with Crippen molar-refractivity contribution in [2.24, 2.45) is 10.9 Å².